The molecule has 0 bridgehead atoms. The maximum Gasteiger partial charge on any atom is 0.244 e. The van der Waals surface area contributed by atoms with Crippen LogP contribution in [-0.2, 0) is 16.1 Å². The molecule has 1 fully saturated rings. The molecule has 27 heavy (non-hydrogen) atoms. The third kappa shape index (κ3) is 9.39. The Bertz CT molecular complexity index is 564. The summed E-state index contributed by atoms with van der Waals surface area (Å²) < 4.78 is 5.33. The van der Waals surface area contributed by atoms with Crippen LogP contribution < -0.4 is 11.1 Å². The summed E-state index contributed by atoms with van der Waals surface area (Å²) in [7, 11) is 0. The van der Waals surface area contributed by atoms with E-state index in [-0.39, 0.29) is 36.4 Å². The molecule has 0 atom stereocenters. The van der Waals surface area contributed by atoms with Crippen molar-refractivity contribution < 1.29 is 9.53 Å². The van der Waals surface area contributed by atoms with Gasteiger partial charge in [-0.1, -0.05) is 30.3 Å². The van der Waals surface area contributed by atoms with E-state index in [4.69, 9.17) is 10.5 Å². The van der Waals surface area contributed by atoms with E-state index < -0.39 is 0 Å². The maximum absolute atomic E-state index is 12.3. The Morgan fingerprint density at radius 2 is 2.00 bits per heavy atom. The highest BCUT2D eigenvalue weighted by Crippen LogP contribution is 2.04. The molecular formula is C19H32IN5O2. The van der Waals surface area contributed by atoms with Crippen molar-refractivity contribution >= 4 is 35.8 Å². The average Bonchev–Trinajstić information content (AvgIpc) is 2.69. The number of carbonyl (C=O) groups is 1. The van der Waals surface area contributed by atoms with Crippen molar-refractivity contribution in [2.75, 3.05) is 52.5 Å². The number of nitrogens with two attached hydrogens (primary N) is 1. The Labute approximate surface area is 179 Å². The molecule has 152 valence electrons. The van der Waals surface area contributed by atoms with Crippen LogP contribution in [0.3, 0.4) is 0 Å². The summed E-state index contributed by atoms with van der Waals surface area (Å²) in [6.07, 6.45) is 0.985. The van der Waals surface area contributed by atoms with Crippen LogP contribution in [-0.4, -0.2) is 74.1 Å². The van der Waals surface area contributed by atoms with E-state index in [1.54, 1.807) is 4.90 Å². The van der Waals surface area contributed by atoms with Crippen LogP contribution in [0.2, 0.25) is 0 Å². The minimum atomic E-state index is -0.0191. The van der Waals surface area contributed by atoms with Gasteiger partial charge in [-0.3, -0.25) is 9.69 Å². The molecule has 0 aliphatic carbocycles. The summed E-state index contributed by atoms with van der Waals surface area (Å²) in [6.45, 7) is 8.67. The number of morpholine rings is 1. The van der Waals surface area contributed by atoms with Crippen LogP contribution in [0.1, 0.15) is 18.9 Å². The first-order chi connectivity index (χ1) is 12.7. The van der Waals surface area contributed by atoms with Crippen LogP contribution >= 0.6 is 24.0 Å². The first-order valence-corrected chi connectivity index (χ1v) is 9.34. The Morgan fingerprint density at radius 1 is 1.30 bits per heavy atom. The fourth-order valence-corrected chi connectivity index (χ4v) is 2.83. The summed E-state index contributed by atoms with van der Waals surface area (Å²) in [5.41, 5.74) is 6.98. The molecular weight excluding hydrogens is 457 g/mol. The smallest absolute Gasteiger partial charge is 0.244 e. The summed E-state index contributed by atoms with van der Waals surface area (Å²) in [5, 5.41) is 3.08. The lowest BCUT2D eigenvalue weighted by Gasteiger charge is -2.26. The molecule has 0 unspecified atom stereocenters. The van der Waals surface area contributed by atoms with Gasteiger partial charge in [-0.25, -0.2) is 4.99 Å². The molecule has 1 heterocycles. The number of benzene rings is 1. The van der Waals surface area contributed by atoms with Crippen LogP contribution in [0.15, 0.2) is 35.3 Å². The zero-order chi connectivity index (χ0) is 18.6. The molecule has 1 amide bonds. The number of nitrogens with zero attached hydrogens (tertiary/aromatic N) is 3. The quantitative estimate of drug-likeness (QED) is 0.237. The fourth-order valence-electron chi connectivity index (χ4n) is 2.83. The van der Waals surface area contributed by atoms with E-state index in [0.29, 0.717) is 19.0 Å². The van der Waals surface area contributed by atoms with Crippen molar-refractivity contribution in [2.24, 2.45) is 10.7 Å². The second-order valence-corrected chi connectivity index (χ2v) is 6.33. The highest BCUT2D eigenvalue weighted by atomic mass is 127. The molecule has 0 radical (unpaired) electrons. The van der Waals surface area contributed by atoms with Crippen LogP contribution in [0.4, 0.5) is 0 Å². The number of ether oxygens (including phenoxy) is 1. The van der Waals surface area contributed by atoms with Gasteiger partial charge in [0.1, 0.15) is 6.54 Å². The second-order valence-electron chi connectivity index (χ2n) is 6.33. The number of hydrogen-bond acceptors (Lipinski definition) is 4. The molecule has 3 N–H and O–H groups in total. The number of guanidine groups is 1. The summed E-state index contributed by atoms with van der Waals surface area (Å²) in [4.78, 5) is 20.7. The summed E-state index contributed by atoms with van der Waals surface area (Å²) in [6, 6.07) is 9.96. The Kier molecular flexibility index (Phi) is 12.0. The van der Waals surface area contributed by atoms with Gasteiger partial charge in [0.25, 0.3) is 0 Å². The van der Waals surface area contributed by atoms with Gasteiger partial charge in [0.2, 0.25) is 5.91 Å². The largest absolute Gasteiger partial charge is 0.379 e. The molecule has 2 rings (SSSR count). The number of halogens is 1. The number of likely N-dealkylation sites (N-methyl/N-ethyl adjacent to an activating group) is 1. The summed E-state index contributed by atoms with van der Waals surface area (Å²) >= 11 is 0. The standard InChI is InChI=1S/C19H31N5O2.HI/c1-2-24(16-17-7-4-3-5-8-17)18(25)15-22-19(20)21-9-6-10-23-11-13-26-14-12-23;/h3-5,7-8H,2,6,9-16H2,1H3,(H3,20,21,22);1H. The number of aliphatic imine (C=N–C) groups is 1. The van der Waals surface area contributed by atoms with Gasteiger partial charge in [-0.05, 0) is 25.5 Å². The predicted molar refractivity (Wildman–Crippen MR) is 119 cm³/mol. The number of hydrogen-bond donors (Lipinski definition) is 2. The van der Waals surface area contributed by atoms with Gasteiger partial charge >= 0.3 is 0 Å². The van der Waals surface area contributed by atoms with E-state index in [9.17, 15) is 4.79 Å². The molecule has 1 aliphatic rings. The molecule has 0 saturated carbocycles. The van der Waals surface area contributed by atoms with Crippen molar-refractivity contribution in [3.05, 3.63) is 35.9 Å². The van der Waals surface area contributed by atoms with Crippen molar-refractivity contribution in [3.8, 4) is 0 Å². The minimum absolute atomic E-state index is 0. The van der Waals surface area contributed by atoms with Crippen LogP contribution in [0, 0.1) is 0 Å². The Hall–Kier alpha value is -1.39. The van der Waals surface area contributed by atoms with Crippen molar-refractivity contribution in [1.82, 2.24) is 15.1 Å². The van der Waals surface area contributed by atoms with Gasteiger partial charge in [-0.2, -0.15) is 0 Å². The normalized spacial score (nSPS) is 15.1. The number of rotatable bonds is 9. The zero-order valence-electron chi connectivity index (χ0n) is 16.1. The van der Waals surface area contributed by atoms with Gasteiger partial charge in [0, 0.05) is 32.7 Å². The third-order valence-corrected chi connectivity index (χ3v) is 4.40. The molecule has 1 aromatic carbocycles. The molecule has 1 saturated heterocycles. The van der Waals surface area contributed by atoms with Gasteiger partial charge in [-0.15, -0.1) is 24.0 Å². The SMILES string of the molecule is CCN(Cc1ccccc1)C(=O)CN=C(N)NCCCN1CCOCC1.I. The molecule has 1 aliphatic heterocycles. The van der Waals surface area contributed by atoms with Crippen molar-refractivity contribution in [3.63, 3.8) is 0 Å². The third-order valence-electron chi connectivity index (χ3n) is 4.40. The van der Waals surface area contributed by atoms with E-state index in [0.717, 1.165) is 51.4 Å². The van der Waals surface area contributed by atoms with Crippen LogP contribution in [0.25, 0.3) is 0 Å². The molecule has 1 aromatic rings. The number of carbonyl (C=O) groups excluding carboxylic acids is 1. The van der Waals surface area contributed by atoms with Crippen molar-refractivity contribution in [1.29, 1.82) is 0 Å². The van der Waals surface area contributed by atoms with Gasteiger partial charge in [0.05, 0.1) is 13.2 Å². The zero-order valence-corrected chi connectivity index (χ0v) is 18.4. The topological polar surface area (TPSA) is 83.2 Å². The van der Waals surface area contributed by atoms with E-state index in [2.05, 4.69) is 15.2 Å². The lowest BCUT2D eigenvalue weighted by molar-refractivity contribution is -0.130. The van der Waals surface area contributed by atoms with E-state index in [1.807, 2.05) is 37.3 Å². The second kappa shape index (κ2) is 13.7. The number of amides is 1. The molecule has 8 heteroatoms. The number of nitrogens with one attached hydrogen (secondary N) is 1. The highest BCUT2D eigenvalue weighted by molar-refractivity contribution is 14.0. The lowest BCUT2D eigenvalue weighted by atomic mass is 10.2. The molecule has 0 aromatic heterocycles. The Morgan fingerprint density at radius 3 is 2.67 bits per heavy atom. The van der Waals surface area contributed by atoms with E-state index in [1.165, 1.54) is 0 Å². The summed E-state index contributed by atoms with van der Waals surface area (Å²) in [5.74, 6) is 0.311. The minimum Gasteiger partial charge on any atom is -0.379 e. The monoisotopic (exact) mass is 489 g/mol. The predicted octanol–water partition coefficient (Wildman–Crippen LogP) is 1.28. The first kappa shape index (κ1) is 23.6. The maximum atomic E-state index is 12.3. The Balaban J connectivity index is 0.00000364. The van der Waals surface area contributed by atoms with Crippen LogP contribution in [0.5, 0.6) is 0 Å². The lowest BCUT2D eigenvalue weighted by Crippen LogP contribution is -2.39. The molecule has 0 spiro atoms. The fraction of sp³-hybridized carbons (Fsp3) is 0.579. The van der Waals surface area contributed by atoms with Gasteiger partial charge < -0.3 is 20.7 Å². The van der Waals surface area contributed by atoms with Crippen molar-refractivity contribution in [2.45, 2.75) is 19.9 Å². The van der Waals surface area contributed by atoms with E-state index >= 15 is 0 Å². The van der Waals surface area contributed by atoms with Gasteiger partial charge in [0.15, 0.2) is 5.96 Å². The molecule has 7 nitrogen and oxygen atoms in total. The highest BCUT2D eigenvalue weighted by Gasteiger charge is 2.12. The average molecular weight is 489 g/mol. The first-order valence-electron chi connectivity index (χ1n) is 9.34.